The van der Waals surface area contributed by atoms with Gasteiger partial charge in [0.2, 0.25) is 0 Å². The van der Waals surface area contributed by atoms with Crippen LogP contribution in [0.25, 0.3) is 10.9 Å². The fourth-order valence-electron chi connectivity index (χ4n) is 2.12. The third kappa shape index (κ3) is 2.76. The van der Waals surface area contributed by atoms with Crippen molar-refractivity contribution < 1.29 is 0 Å². The van der Waals surface area contributed by atoms with Crippen molar-refractivity contribution in [1.82, 2.24) is 4.98 Å². The molecule has 1 saturated carbocycles. The minimum Gasteiger partial charge on any atom is -0.323 e. The Kier molecular flexibility index (Phi) is 3.65. The zero-order chi connectivity index (χ0) is 11.0. The Morgan fingerprint density at radius 3 is 2.71 bits per heavy atom. The highest BCUT2D eigenvalue weighted by molar-refractivity contribution is 5.85. The molecular formula is C14H17ClN2. The molecule has 0 radical (unpaired) electrons. The van der Waals surface area contributed by atoms with Gasteiger partial charge >= 0.3 is 0 Å². The van der Waals surface area contributed by atoms with E-state index in [1.54, 1.807) is 0 Å². The molecule has 1 aliphatic carbocycles. The Bertz CT molecular complexity index is 508. The number of halogens is 1. The van der Waals surface area contributed by atoms with E-state index in [2.05, 4.69) is 23.2 Å². The number of para-hydroxylation sites is 1. The van der Waals surface area contributed by atoms with E-state index in [1.807, 2.05) is 18.2 Å². The van der Waals surface area contributed by atoms with Gasteiger partial charge in [0.05, 0.1) is 11.2 Å². The molecule has 1 atom stereocenters. The topological polar surface area (TPSA) is 38.9 Å². The molecule has 3 rings (SSSR count). The fourth-order valence-corrected chi connectivity index (χ4v) is 2.12. The van der Waals surface area contributed by atoms with Crippen molar-refractivity contribution in [2.75, 3.05) is 0 Å². The van der Waals surface area contributed by atoms with Crippen LogP contribution >= 0.6 is 12.4 Å². The minimum atomic E-state index is 0. The lowest BCUT2D eigenvalue weighted by Crippen LogP contribution is -2.12. The summed E-state index contributed by atoms with van der Waals surface area (Å²) in [5.41, 5.74) is 8.24. The molecule has 1 aliphatic rings. The summed E-state index contributed by atoms with van der Waals surface area (Å²) in [5.74, 6) is 0.850. The summed E-state index contributed by atoms with van der Waals surface area (Å²) < 4.78 is 0. The normalized spacial score (nSPS) is 16.5. The van der Waals surface area contributed by atoms with E-state index in [0.29, 0.717) is 0 Å². The summed E-state index contributed by atoms with van der Waals surface area (Å²) in [4.78, 5) is 4.63. The van der Waals surface area contributed by atoms with Gasteiger partial charge in [-0.1, -0.05) is 37.1 Å². The molecule has 0 aliphatic heterocycles. The van der Waals surface area contributed by atoms with Crippen LogP contribution in [0.15, 0.2) is 36.4 Å². The molecule has 90 valence electrons. The van der Waals surface area contributed by atoms with Crippen molar-refractivity contribution in [2.24, 2.45) is 11.7 Å². The highest BCUT2D eigenvalue weighted by Crippen LogP contribution is 2.36. The number of hydrogen-bond donors (Lipinski definition) is 1. The molecule has 1 aromatic heterocycles. The van der Waals surface area contributed by atoms with Crippen LogP contribution in [0, 0.1) is 5.92 Å². The van der Waals surface area contributed by atoms with E-state index in [9.17, 15) is 0 Å². The highest BCUT2D eigenvalue weighted by Gasteiger charge is 2.24. The second kappa shape index (κ2) is 5.03. The standard InChI is InChI=1S/C14H16N2.ClH/c15-12(9-10-5-6-10)14-8-7-11-3-1-2-4-13(11)16-14;/h1-4,7-8,10,12H,5-6,9,15H2;1H/t12-;/m0./s1. The van der Waals surface area contributed by atoms with Crippen molar-refractivity contribution in [1.29, 1.82) is 0 Å². The minimum absolute atomic E-state index is 0. The van der Waals surface area contributed by atoms with Crippen LogP contribution in [0.4, 0.5) is 0 Å². The molecule has 0 bridgehead atoms. The van der Waals surface area contributed by atoms with Crippen molar-refractivity contribution in [3.8, 4) is 0 Å². The van der Waals surface area contributed by atoms with Crippen LogP contribution in [0.1, 0.15) is 31.0 Å². The number of rotatable bonds is 3. The molecule has 17 heavy (non-hydrogen) atoms. The molecule has 2 aromatic rings. The summed E-state index contributed by atoms with van der Waals surface area (Å²) in [6.45, 7) is 0. The molecule has 0 spiro atoms. The lowest BCUT2D eigenvalue weighted by atomic mass is 10.1. The number of aromatic nitrogens is 1. The Morgan fingerprint density at radius 1 is 1.18 bits per heavy atom. The van der Waals surface area contributed by atoms with Gasteiger partial charge in [-0.3, -0.25) is 4.98 Å². The molecule has 1 fully saturated rings. The van der Waals surface area contributed by atoms with E-state index in [-0.39, 0.29) is 18.4 Å². The largest absolute Gasteiger partial charge is 0.323 e. The maximum Gasteiger partial charge on any atom is 0.0706 e. The van der Waals surface area contributed by atoms with E-state index >= 15 is 0 Å². The van der Waals surface area contributed by atoms with Gasteiger partial charge in [0.15, 0.2) is 0 Å². The predicted molar refractivity (Wildman–Crippen MR) is 73.3 cm³/mol. The first-order valence-corrected chi connectivity index (χ1v) is 5.94. The third-order valence-corrected chi connectivity index (χ3v) is 3.28. The molecule has 0 unspecified atom stereocenters. The molecule has 2 N–H and O–H groups in total. The molecule has 1 heterocycles. The lowest BCUT2D eigenvalue weighted by molar-refractivity contribution is 0.585. The van der Waals surface area contributed by atoms with Crippen molar-refractivity contribution in [3.63, 3.8) is 0 Å². The highest BCUT2D eigenvalue weighted by atomic mass is 35.5. The SMILES string of the molecule is Cl.N[C@@H](CC1CC1)c1ccc2ccccc2n1. The number of nitrogens with two attached hydrogens (primary N) is 1. The van der Waals surface area contributed by atoms with Crippen LogP contribution in [0.3, 0.4) is 0 Å². The van der Waals surface area contributed by atoms with Gasteiger partial charge in [-0.25, -0.2) is 0 Å². The van der Waals surface area contributed by atoms with Gasteiger partial charge in [-0.2, -0.15) is 0 Å². The van der Waals surface area contributed by atoms with Gasteiger partial charge in [0.25, 0.3) is 0 Å². The van der Waals surface area contributed by atoms with E-state index < -0.39 is 0 Å². The Labute approximate surface area is 108 Å². The lowest BCUT2D eigenvalue weighted by Gasteiger charge is -2.10. The molecule has 3 heteroatoms. The van der Waals surface area contributed by atoms with Crippen molar-refractivity contribution >= 4 is 23.3 Å². The summed E-state index contributed by atoms with van der Waals surface area (Å²) in [6, 6.07) is 12.5. The van der Waals surface area contributed by atoms with Crippen LogP contribution in [0.5, 0.6) is 0 Å². The van der Waals surface area contributed by atoms with E-state index in [0.717, 1.165) is 23.5 Å². The summed E-state index contributed by atoms with van der Waals surface area (Å²) >= 11 is 0. The van der Waals surface area contributed by atoms with Gasteiger partial charge in [-0.15, -0.1) is 12.4 Å². The fraction of sp³-hybridized carbons (Fsp3) is 0.357. The maximum atomic E-state index is 6.16. The first-order chi connectivity index (χ1) is 7.83. The Hall–Kier alpha value is -1.12. The van der Waals surface area contributed by atoms with Gasteiger partial charge in [0.1, 0.15) is 0 Å². The van der Waals surface area contributed by atoms with Crippen LogP contribution in [0.2, 0.25) is 0 Å². The number of nitrogens with zero attached hydrogens (tertiary/aromatic N) is 1. The molecule has 1 aromatic carbocycles. The first-order valence-electron chi connectivity index (χ1n) is 5.94. The quantitative estimate of drug-likeness (QED) is 0.904. The Balaban J connectivity index is 0.00000108. The maximum absolute atomic E-state index is 6.16. The Morgan fingerprint density at radius 2 is 1.94 bits per heavy atom. The second-order valence-corrected chi connectivity index (χ2v) is 4.71. The average molecular weight is 249 g/mol. The van der Waals surface area contributed by atoms with Crippen LogP contribution < -0.4 is 5.73 Å². The summed E-state index contributed by atoms with van der Waals surface area (Å²) in [5, 5.41) is 1.19. The molecule has 0 saturated heterocycles. The zero-order valence-electron chi connectivity index (χ0n) is 9.67. The van der Waals surface area contributed by atoms with Crippen LogP contribution in [-0.2, 0) is 0 Å². The number of hydrogen-bond acceptors (Lipinski definition) is 2. The van der Waals surface area contributed by atoms with E-state index in [4.69, 9.17) is 5.73 Å². The third-order valence-electron chi connectivity index (χ3n) is 3.28. The van der Waals surface area contributed by atoms with Gasteiger partial charge < -0.3 is 5.73 Å². The van der Waals surface area contributed by atoms with Crippen molar-refractivity contribution in [3.05, 3.63) is 42.1 Å². The molecule has 2 nitrogen and oxygen atoms in total. The predicted octanol–water partition coefficient (Wildman–Crippen LogP) is 3.46. The second-order valence-electron chi connectivity index (χ2n) is 4.71. The monoisotopic (exact) mass is 248 g/mol. The zero-order valence-corrected chi connectivity index (χ0v) is 10.5. The number of fused-ring (bicyclic) bond motifs is 1. The van der Waals surface area contributed by atoms with E-state index in [1.165, 1.54) is 18.2 Å². The smallest absolute Gasteiger partial charge is 0.0706 e. The van der Waals surface area contributed by atoms with Gasteiger partial charge in [-0.05, 0) is 24.5 Å². The number of benzene rings is 1. The van der Waals surface area contributed by atoms with Gasteiger partial charge in [0, 0.05) is 11.4 Å². The number of pyridine rings is 1. The first kappa shape index (κ1) is 12.3. The van der Waals surface area contributed by atoms with Crippen molar-refractivity contribution in [2.45, 2.75) is 25.3 Å². The molecule has 0 amide bonds. The summed E-state index contributed by atoms with van der Waals surface area (Å²) in [6.07, 6.45) is 3.79. The van der Waals surface area contributed by atoms with Crippen LogP contribution in [-0.4, -0.2) is 4.98 Å². The summed E-state index contributed by atoms with van der Waals surface area (Å²) in [7, 11) is 0. The average Bonchev–Trinajstić information content (AvgIpc) is 3.12. The molecular weight excluding hydrogens is 232 g/mol.